The standard InChI is InChI=1S/C11H15N3O4S2/c1-7-12-6-11(19-7)20(17,18)14-10(16)5-8-3-2-4-9(15)13-8/h6,8H,2-5H2,1H3,(H,13,15)(H,14,16). The molecule has 1 aromatic heterocycles. The Morgan fingerprint density at radius 3 is 2.95 bits per heavy atom. The lowest BCUT2D eigenvalue weighted by atomic mass is 10.0. The second kappa shape index (κ2) is 5.88. The molecule has 9 heteroatoms. The summed E-state index contributed by atoms with van der Waals surface area (Å²) in [7, 11) is -3.86. The molecule has 0 saturated carbocycles. The second-order valence-electron chi connectivity index (χ2n) is 4.59. The number of hydrogen-bond donors (Lipinski definition) is 2. The van der Waals surface area contributed by atoms with Crippen LogP contribution in [-0.4, -0.2) is 31.3 Å². The predicted octanol–water partition coefficient (Wildman–Crippen LogP) is 0.315. The van der Waals surface area contributed by atoms with E-state index in [4.69, 9.17) is 0 Å². The highest BCUT2D eigenvalue weighted by Gasteiger charge is 2.24. The number of carbonyl (C=O) groups excluding carboxylic acids is 2. The molecule has 0 aliphatic carbocycles. The molecule has 1 atom stereocenters. The minimum absolute atomic E-state index is 0.0102. The monoisotopic (exact) mass is 317 g/mol. The third-order valence-corrected chi connectivity index (χ3v) is 5.61. The maximum atomic E-state index is 11.9. The first-order chi connectivity index (χ1) is 9.37. The first-order valence-corrected chi connectivity index (χ1v) is 8.44. The Morgan fingerprint density at radius 2 is 2.35 bits per heavy atom. The van der Waals surface area contributed by atoms with E-state index in [1.807, 2.05) is 4.72 Å². The molecule has 2 N–H and O–H groups in total. The highest BCUT2D eigenvalue weighted by Crippen LogP contribution is 2.18. The number of nitrogens with zero attached hydrogens (tertiary/aromatic N) is 1. The lowest BCUT2D eigenvalue weighted by Crippen LogP contribution is -2.42. The van der Waals surface area contributed by atoms with Crippen LogP contribution in [0.5, 0.6) is 0 Å². The Labute approximate surface area is 120 Å². The van der Waals surface area contributed by atoms with Crippen LogP contribution < -0.4 is 10.0 Å². The average molecular weight is 317 g/mol. The Kier molecular flexibility index (Phi) is 4.39. The molecule has 1 fully saturated rings. The SMILES string of the molecule is Cc1ncc(S(=O)(=O)NC(=O)CC2CCCC(=O)N2)s1. The van der Waals surface area contributed by atoms with Gasteiger partial charge in [-0.05, 0) is 19.8 Å². The number of rotatable bonds is 4. The molecular weight excluding hydrogens is 302 g/mol. The van der Waals surface area contributed by atoms with Gasteiger partial charge in [-0.3, -0.25) is 9.59 Å². The number of nitrogens with one attached hydrogen (secondary N) is 2. The van der Waals surface area contributed by atoms with Crippen LogP contribution in [0.1, 0.15) is 30.7 Å². The first kappa shape index (κ1) is 14.9. The number of sulfonamides is 1. The van der Waals surface area contributed by atoms with E-state index < -0.39 is 15.9 Å². The maximum absolute atomic E-state index is 11.9. The van der Waals surface area contributed by atoms with E-state index in [9.17, 15) is 18.0 Å². The highest BCUT2D eigenvalue weighted by atomic mass is 32.2. The molecule has 1 aliphatic heterocycles. The van der Waals surface area contributed by atoms with Crippen LogP contribution in [0, 0.1) is 6.92 Å². The van der Waals surface area contributed by atoms with Crippen molar-refractivity contribution in [3.8, 4) is 0 Å². The average Bonchev–Trinajstić information content (AvgIpc) is 2.75. The van der Waals surface area contributed by atoms with Crippen molar-refractivity contribution in [1.82, 2.24) is 15.0 Å². The van der Waals surface area contributed by atoms with Gasteiger partial charge in [-0.2, -0.15) is 0 Å². The van der Waals surface area contributed by atoms with Crippen molar-refractivity contribution in [1.29, 1.82) is 0 Å². The molecule has 0 aromatic carbocycles. The van der Waals surface area contributed by atoms with Gasteiger partial charge in [0, 0.05) is 18.9 Å². The van der Waals surface area contributed by atoms with Crippen LogP contribution in [-0.2, 0) is 19.6 Å². The van der Waals surface area contributed by atoms with E-state index in [1.165, 1.54) is 6.20 Å². The fourth-order valence-electron chi connectivity index (χ4n) is 1.97. The molecule has 110 valence electrons. The van der Waals surface area contributed by atoms with E-state index in [0.717, 1.165) is 11.3 Å². The van der Waals surface area contributed by atoms with Gasteiger partial charge in [-0.25, -0.2) is 18.1 Å². The zero-order chi connectivity index (χ0) is 14.8. The van der Waals surface area contributed by atoms with Gasteiger partial charge in [0.2, 0.25) is 11.8 Å². The molecule has 1 unspecified atom stereocenters. The van der Waals surface area contributed by atoms with E-state index in [1.54, 1.807) is 6.92 Å². The van der Waals surface area contributed by atoms with E-state index in [-0.39, 0.29) is 22.6 Å². The smallest absolute Gasteiger partial charge is 0.275 e. The molecule has 1 aliphatic rings. The minimum Gasteiger partial charge on any atom is -0.353 e. The summed E-state index contributed by atoms with van der Waals surface area (Å²) < 4.78 is 25.8. The van der Waals surface area contributed by atoms with Gasteiger partial charge in [-0.1, -0.05) is 0 Å². The van der Waals surface area contributed by atoms with Gasteiger partial charge in [0.25, 0.3) is 10.0 Å². The Bertz CT molecular complexity index is 623. The zero-order valence-electron chi connectivity index (χ0n) is 10.9. The van der Waals surface area contributed by atoms with E-state index >= 15 is 0 Å². The molecule has 0 bridgehead atoms. The highest BCUT2D eigenvalue weighted by molar-refractivity contribution is 7.92. The van der Waals surface area contributed by atoms with Crippen molar-refractivity contribution in [3.05, 3.63) is 11.2 Å². The molecule has 0 radical (unpaired) electrons. The van der Waals surface area contributed by atoms with Crippen molar-refractivity contribution in [2.45, 2.75) is 42.9 Å². The summed E-state index contributed by atoms with van der Waals surface area (Å²) in [5.74, 6) is -0.724. The van der Waals surface area contributed by atoms with E-state index in [0.29, 0.717) is 24.3 Å². The van der Waals surface area contributed by atoms with Gasteiger partial charge in [-0.15, -0.1) is 11.3 Å². The van der Waals surface area contributed by atoms with Crippen LogP contribution in [0.3, 0.4) is 0 Å². The predicted molar refractivity (Wildman–Crippen MR) is 72.6 cm³/mol. The van der Waals surface area contributed by atoms with Gasteiger partial charge in [0.05, 0.1) is 11.2 Å². The molecule has 2 heterocycles. The topological polar surface area (TPSA) is 105 Å². The quantitative estimate of drug-likeness (QED) is 0.832. The summed E-state index contributed by atoms with van der Waals surface area (Å²) in [5.41, 5.74) is 0. The number of hydrogen-bond acceptors (Lipinski definition) is 6. The van der Waals surface area contributed by atoms with Gasteiger partial charge in [0.15, 0.2) is 4.21 Å². The number of amides is 2. The summed E-state index contributed by atoms with van der Waals surface area (Å²) in [5, 5.41) is 3.28. The van der Waals surface area contributed by atoms with Gasteiger partial charge >= 0.3 is 0 Å². The van der Waals surface area contributed by atoms with Crippen molar-refractivity contribution in [3.63, 3.8) is 0 Å². The molecule has 20 heavy (non-hydrogen) atoms. The van der Waals surface area contributed by atoms with Crippen LogP contribution >= 0.6 is 11.3 Å². The molecule has 0 spiro atoms. The van der Waals surface area contributed by atoms with Crippen molar-refractivity contribution in [2.24, 2.45) is 0 Å². The maximum Gasteiger partial charge on any atom is 0.275 e. The summed E-state index contributed by atoms with van der Waals surface area (Å²) in [6.07, 6.45) is 3.03. The summed E-state index contributed by atoms with van der Waals surface area (Å²) >= 11 is 1.000. The van der Waals surface area contributed by atoms with Crippen LogP contribution in [0.15, 0.2) is 10.4 Å². The molecule has 7 nitrogen and oxygen atoms in total. The van der Waals surface area contributed by atoms with Crippen LogP contribution in [0.25, 0.3) is 0 Å². The van der Waals surface area contributed by atoms with Gasteiger partial charge in [0.1, 0.15) is 0 Å². The number of carbonyl (C=O) groups is 2. The lowest BCUT2D eigenvalue weighted by molar-refractivity contribution is -0.124. The molecular formula is C11H15N3O4S2. The summed E-state index contributed by atoms with van der Waals surface area (Å²) in [6.45, 7) is 1.68. The number of piperidine rings is 1. The first-order valence-electron chi connectivity index (χ1n) is 6.14. The van der Waals surface area contributed by atoms with Crippen LogP contribution in [0.2, 0.25) is 0 Å². The Morgan fingerprint density at radius 1 is 1.60 bits per heavy atom. The number of aryl methyl sites for hydroxylation is 1. The van der Waals surface area contributed by atoms with E-state index in [2.05, 4.69) is 10.3 Å². The Balaban J connectivity index is 1.95. The fourth-order valence-corrected chi connectivity index (χ4v) is 4.07. The fraction of sp³-hybridized carbons (Fsp3) is 0.545. The minimum atomic E-state index is -3.86. The molecule has 1 aromatic rings. The third-order valence-electron chi connectivity index (χ3n) is 2.87. The normalized spacial score (nSPS) is 19.4. The number of thiazole rings is 1. The Hall–Kier alpha value is -1.48. The summed E-state index contributed by atoms with van der Waals surface area (Å²) in [6, 6.07) is -0.297. The lowest BCUT2D eigenvalue weighted by Gasteiger charge is -2.22. The van der Waals surface area contributed by atoms with Crippen LogP contribution in [0.4, 0.5) is 0 Å². The molecule has 2 amide bonds. The second-order valence-corrected chi connectivity index (χ2v) is 7.73. The van der Waals surface area contributed by atoms with Crippen molar-refractivity contribution >= 4 is 33.2 Å². The number of aromatic nitrogens is 1. The third kappa shape index (κ3) is 3.76. The largest absolute Gasteiger partial charge is 0.353 e. The molecule has 1 saturated heterocycles. The van der Waals surface area contributed by atoms with Crippen molar-refractivity contribution < 1.29 is 18.0 Å². The summed E-state index contributed by atoms with van der Waals surface area (Å²) in [4.78, 5) is 26.8. The van der Waals surface area contributed by atoms with Crippen molar-refractivity contribution in [2.75, 3.05) is 0 Å². The zero-order valence-corrected chi connectivity index (χ0v) is 12.5. The molecule has 2 rings (SSSR count). The van der Waals surface area contributed by atoms with Gasteiger partial charge < -0.3 is 5.32 Å².